The summed E-state index contributed by atoms with van der Waals surface area (Å²) >= 11 is 0. The number of aromatic nitrogens is 1. The molecule has 1 unspecified atom stereocenters. The number of amides is 1. The van der Waals surface area contributed by atoms with Gasteiger partial charge in [0.1, 0.15) is 5.82 Å². The third kappa shape index (κ3) is 2.63. The average Bonchev–Trinajstić information content (AvgIpc) is 3.00. The maximum Gasteiger partial charge on any atom is 0.257 e. The summed E-state index contributed by atoms with van der Waals surface area (Å²) in [6.45, 7) is 5.94. The molecular formula is C15H21N3O2. The minimum absolute atomic E-state index is 0.0788. The van der Waals surface area contributed by atoms with Crippen LogP contribution >= 0.6 is 0 Å². The van der Waals surface area contributed by atoms with Gasteiger partial charge in [0.2, 0.25) is 0 Å². The highest BCUT2D eigenvalue weighted by atomic mass is 16.5. The molecule has 0 spiro atoms. The maximum absolute atomic E-state index is 12.7. The van der Waals surface area contributed by atoms with Crippen LogP contribution in [0.5, 0.6) is 0 Å². The minimum atomic E-state index is 0.0788. The highest BCUT2D eigenvalue weighted by molar-refractivity contribution is 5.99. The first kappa shape index (κ1) is 13.4. The first-order chi connectivity index (χ1) is 9.75. The van der Waals surface area contributed by atoms with E-state index in [-0.39, 0.29) is 12.0 Å². The van der Waals surface area contributed by atoms with Crippen LogP contribution in [0.4, 0.5) is 5.82 Å². The molecule has 0 radical (unpaired) electrons. The van der Waals surface area contributed by atoms with Crippen LogP contribution in [0.15, 0.2) is 18.3 Å². The third-order valence-electron chi connectivity index (χ3n) is 3.95. The van der Waals surface area contributed by atoms with Gasteiger partial charge in [0.05, 0.1) is 18.3 Å². The zero-order valence-electron chi connectivity index (χ0n) is 11.9. The Balaban J connectivity index is 1.83. The van der Waals surface area contributed by atoms with Crippen molar-refractivity contribution in [3.8, 4) is 0 Å². The van der Waals surface area contributed by atoms with E-state index < -0.39 is 0 Å². The van der Waals surface area contributed by atoms with E-state index in [1.54, 1.807) is 6.20 Å². The number of ether oxygens (including phenoxy) is 1. The van der Waals surface area contributed by atoms with Crippen LogP contribution in [0, 0.1) is 0 Å². The number of carbonyl (C=O) groups is 1. The highest BCUT2D eigenvalue weighted by Gasteiger charge is 2.26. The summed E-state index contributed by atoms with van der Waals surface area (Å²) in [7, 11) is 0. The predicted octanol–water partition coefficient (Wildman–Crippen LogP) is 1.54. The highest BCUT2D eigenvalue weighted by Crippen LogP contribution is 2.23. The summed E-state index contributed by atoms with van der Waals surface area (Å²) in [4.78, 5) is 21.3. The molecule has 1 aromatic heterocycles. The lowest BCUT2D eigenvalue weighted by Gasteiger charge is -2.32. The normalized spacial score (nSPS) is 23.1. The topological polar surface area (TPSA) is 45.7 Å². The molecule has 5 nitrogen and oxygen atoms in total. The van der Waals surface area contributed by atoms with Gasteiger partial charge in [-0.15, -0.1) is 0 Å². The van der Waals surface area contributed by atoms with Gasteiger partial charge in [-0.1, -0.05) is 0 Å². The molecule has 2 saturated heterocycles. The van der Waals surface area contributed by atoms with Crippen molar-refractivity contribution >= 4 is 11.7 Å². The van der Waals surface area contributed by atoms with Crippen LogP contribution in [-0.2, 0) is 4.74 Å². The van der Waals surface area contributed by atoms with E-state index in [0.717, 1.165) is 24.5 Å². The summed E-state index contributed by atoms with van der Waals surface area (Å²) in [5.74, 6) is 0.921. The Kier molecular flexibility index (Phi) is 3.87. The molecule has 2 aliphatic heterocycles. The molecule has 0 saturated carbocycles. The third-order valence-corrected chi connectivity index (χ3v) is 3.95. The number of anilines is 1. The lowest BCUT2D eigenvalue weighted by molar-refractivity contribution is -0.0124. The van der Waals surface area contributed by atoms with Gasteiger partial charge in [-0.2, -0.15) is 0 Å². The van der Waals surface area contributed by atoms with Crippen molar-refractivity contribution in [2.24, 2.45) is 0 Å². The Hall–Kier alpha value is -1.62. The van der Waals surface area contributed by atoms with Crippen molar-refractivity contribution in [3.05, 3.63) is 23.9 Å². The van der Waals surface area contributed by atoms with Gasteiger partial charge in [-0.3, -0.25) is 4.79 Å². The zero-order valence-corrected chi connectivity index (χ0v) is 11.9. The van der Waals surface area contributed by atoms with E-state index in [1.165, 1.54) is 12.8 Å². The molecule has 2 aliphatic rings. The molecule has 3 heterocycles. The van der Waals surface area contributed by atoms with Gasteiger partial charge in [0, 0.05) is 32.4 Å². The Morgan fingerprint density at radius 2 is 2.15 bits per heavy atom. The number of hydrogen-bond acceptors (Lipinski definition) is 4. The molecule has 3 rings (SSSR count). The molecule has 0 N–H and O–H groups in total. The lowest BCUT2D eigenvalue weighted by Crippen LogP contribution is -2.45. The van der Waals surface area contributed by atoms with Gasteiger partial charge in [0.25, 0.3) is 5.91 Å². The van der Waals surface area contributed by atoms with Crippen molar-refractivity contribution in [2.45, 2.75) is 25.9 Å². The summed E-state index contributed by atoms with van der Waals surface area (Å²) < 4.78 is 5.50. The van der Waals surface area contributed by atoms with Crippen molar-refractivity contribution in [1.29, 1.82) is 0 Å². The number of pyridine rings is 1. The Bertz CT molecular complexity index is 486. The summed E-state index contributed by atoms with van der Waals surface area (Å²) in [5, 5.41) is 0. The van der Waals surface area contributed by atoms with Gasteiger partial charge in [-0.05, 0) is 31.9 Å². The quantitative estimate of drug-likeness (QED) is 0.821. The smallest absolute Gasteiger partial charge is 0.257 e. The van der Waals surface area contributed by atoms with E-state index in [9.17, 15) is 4.79 Å². The standard InChI is InChI=1S/C15H21N3O2/c1-12-11-18(9-10-20-12)15(19)13-5-4-6-16-14(13)17-7-2-3-8-17/h4-6,12H,2-3,7-11H2,1H3. The molecule has 20 heavy (non-hydrogen) atoms. The van der Waals surface area contributed by atoms with E-state index in [0.29, 0.717) is 19.7 Å². The van der Waals surface area contributed by atoms with Crippen molar-refractivity contribution < 1.29 is 9.53 Å². The Labute approximate surface area is 119 Å². The summed E-state index contributed by atoms with van der Waals surface area (Å²) in [6.07, 6.45) is 4.24. The number of hydrogen-bond donors (Lipinski definition) is 0. The van der Waals surface area contributed by atoms with Gasteiger partial charge in [0.15, 0.2) is 0 Å². The van der Waals surface area contributed by atoms with Gasteiger partial charge >= 0.3 is 0 Å². The molecule has 1 atom stereocenters. The SMILES string of the molecule is CC1CN(C(=O)c2cccnc2N2CCCC2)CCO1. The molecule has 5 heteroatoms. The van der Waals surface area contributed by atoms with Crippen molar-refractivity contribution in [2.75, 3.05) is 37.7 Å². The second-order valence-electron chi connectivity index (χ2n) is 5.50. The molecule has 0 aliphatic carbocycles. The predicted molar refractivity (Wildman–Crippen MR) is 77.0 cm³/mol. The fraction of sp³-hybridized carbons (Fsp3) is 0.600. The first-order valence-corrected chi connectivity index (χ1v) is 7.36. The monoisotopic (exact) mass is 275 g/mol. The first-order valence-electron chi connectivity index (χ1n) is 7.36. The van der Waals surface area contributed by atoms with Crippen molar-refractivity contribution in [3.63, 3.8) is 0 Å². The number of morpholine rings is 1. The Morgan fingerprint density at radius 1 is 1.35 bits per heavy atom. The van der Waals surface area contributed by atoms with E-state index >= 15 is 0 Å². The maximum atomic E-state index is 12.7. The second kappa shape index (κ2) is 5.79. The molecule has 2 fully saturated rings. The lowest BCUT2D eigenvalue weighted by atomic mass is 10.2. The van der Waals surface area contributed by atoms with E-state index in [1.807, 2.05) is 24.0 Å². The summed E-state index contributed by atoms with van der Waals surface area (Å²) in [5.41, 5.74) is 0.725. The number of nitrogens with zero attached hydrogens (tertiary/aromatic N) is 3. The van der Waals surface area contributed by atoms with Gasteiger partial charge in [-0.25, -0.2) is 4.98 Å². The molecule has 108 valence electrons. The fourth-order valence-corrected chi connectivity index (χ4v) is 2.92. The van der Waals surface area contributed by atoms with Gasteiger partial charge < -0.3 is 14.5 Å². The summed E-state index contributed by atoms with van der Waals surface area (Å²) in [6, 6.07) is 3.74. The Morgan fingerprint density at radius 3 is 2.90 bits per heavy atom. The van der Waals surface area contributed by atoms with Crippen LogP contribution < -0.4 is 4.90 Å². The van der Waals surface area contributed by atoms with Crippen LogP contribution in [-0.4, -0.2) is 54.7 Å². The molecule has 1 aromatic rings. The average molecular weight is 275 g/mol. The van der Waals surface area contributed by atoms with Crippen LogP contribution in [0.2, 0.25) is 0 Å². The van der Waals surface area contributed by atoms with Crippen LogP contribution in [0.3, 0.4) is 0 Å². The second-order valence-corrected chi connectivity index (χ2v) is 5.50. The minimum Gasteiger partial charge on any atom is -0.375 e. The van der Waals surface area contributed by atoms with E-state index in [4.69, 9.17) is 4.74 Å². The number of rotatable bonds is 2. The fourth-order valence-electron chi connectivity index (χ4n) is 2.92. The largest absolute Gasteiger partial charge is 0.375 e. The molecule has 0 bridgehead atoms. The van der Waals surface area contributed by atoms with E-state index in [2.05, 4.69) is 9.88 Å². The van der Waals surface area contributed by atoms with Crippen LogP contribution in [0.25, 0.3) is 0 Å². The molecule has 1 amide bonds. The molecular weight excluding hydrogens is 254 g/mol. The van der Waals surface area contributed by atoms with Crippen LogP contribution in [0.1, 0.15) is 30.1 Å². The zero-order chi connectivity index (χ0) is 13.9. The molecule has 0 aromatic carbocycles. The van der Waals surface area contributed by atoms with Crippen molar-refractivity contribution in [1.82, 2.24) is 9.88 Å². The number of carbonyl (C=O) groups excluding carboxylic acids is 1.